The number of methoxy groups -OCH3 is 2. The molecule has 1 N–H and O–H groups in total. The van der Waals surface area contributed by atoms with Gasteiger partial charge in [-0.2, -0.15) is 5.26 Å². The second-order valence-electron chi connectivity index (χ2n) is 5.79. The molecule has 1 amide bonds. The topological polar surface area (TPSA) is 89.8 Å². The predicted molar refractivity (Wildman–Crippen MR) is 104 cm³/mol. The Labute approximate surface area is 164 Å². The van der Waals surface area contributed by atoms with Crippen molar-refractivity contribution >= 4 is 5.91 Å². The van der Waals surface area contributed by atoms with Crippen LogP contribution in [0.5, 0.6) is 23.0 Å². The van der Waals surface area contributed by atoms with Crippen LogP contribution in [-0.2, 0) is 11.2 Å². The first-order valence-corrected chi connectivity index (χ1v) is 8.86. The van der Waals surface area contributed by atoms with Crippen LogP contribution in [0.15, 0.2) is 42.5 Å². The van der Waals surface area contributed by atoms with Gasteiger partial charge in [-0.3, -0.25) is 4.79 Å². The molecule has 0 saturated heterocycles. The van der Waals surface area contributed by atoms with Gasteiger partial charge in [0.05, 0.1) is 20.3 Å². The van der Waals surface area contributed by atoms with E-state index in [1.165, 1.54) is 0 Å². The maximum absolute atomic E-state index is 11.3. The van der Waals surface area contributed by atoms with Gasteiger partial charge >= 0.3 is 0 Å². The van der Waals surface area contributed by atoms with Crippen molar-refractivity contribution in [1.29, 1.82) is 5.26 Å². The number of hydrogen-bond acceptors (Lipinski definition) is 6. The van der Waals surface area contributed by atoms with E-state index in [9.17, 15) is 4.79 Å². The summed E-state index contributed by atoms with van der Waals surface area (Å²) in [6.07, 6.45) is 0.503. The quantitative estimate of drug-likeness (QED) is 0.599. The molecular formula is C21H24N2O5. The van der Waals surface area contributed by atoms with Gasteiger partial charge in [0.25, 0.3) is 0 Å². The number of nitrogens with one attached hydrogen (secondary N) is 1. The average molecular weight is 384 g/mol. The van der Waals surface area contributed by atoms with E-state index in [2.05, 4.69) is 5.32 Å². The molecule has 2 aromatic carbocycles. The summed E-state index contributed by atoms with van der Waals surface area (Å²) in [5.41, 5.74) is 0.996. The van der Waals surface area contributed by atoms with Crippen LogP contribution >= 0.6 is 0 Å². The molecule has 0 aliphatic heterocycles. The molecule has 0 fully saturated rings. The van der Waals surface area contributed by atoms with E-state index in [0.29, 0.717) is 37.7 Å². The number of benzene rings is 2. The number of nitriles is 1. The van der Waals surface area contributed by atoms with Crippen molar-refractivity contribution in [1.82, 2.24) is 5.32 Å². The average Bonchev–Trinajstić information content (AvgIpc) is 2.72. The Hall–Kier alpha value is -3.40. The molecule has 28 heavy (non-hydrogen) atoms. The van der Waals surface area contributed by atoms with Crippen LogP contribution in [0, 0.1) is 11.3 Å². The van der Waals surface area contributed by atoms with E-state index >= 15 is 0 Å². The summed E-state index contributed by atoms with van der Waals surface area (Å²) in [5.74, 6) is 2.48. The summed E-state index contributed by atoms with van der Waals surface area (Å²) >= 11 is 0. The van der Waals surface area contributed by atoms with Crippen molar-refractivity contribution < 1.29 is 23.7 Å². The lowest BCUT2D eigenvalue weighted by molar-refractivity contribution is -0.120. The zero-order valence-corrected chi connectivity index (χ0v) is 16.1. The van der Waals surface area contributed by atoms with Gasteiger partial charge in [0, 0.05) is 6.54 Å². The highest BCUT2D eigenvalue weighted by molar-refractivity contribution is 5.77. The number of amides is 1. The van der Waals surface area contributed by atoms with E-state index < -0.39 is 0 Å². The normalized spacial score (nSPS) is 9.89. The maximum Gasteiger partial charge on any atom is 0.234 e. The SMILES string of the molecule is COc1ccc(OCCOc2ccc(CCNC(=O)CC#N)cc2OC)cc1. The minimum atomic E-state index is -0.272. The van der Waals surface area contributed by atoms with Gasteiger partial charge in [0.15, 0.2) is 11.5 Å². The third-order valence-corrected chi connectivity index (χ3v) is 3.87. The number of rotatable bonds is 11. The van der Waals surface area contributed by atoms with Crippen LogP contribution in [0.25, 0.3) is 0 Å². The van der Waals surface area contributed by atoms with Crippen LogP contribution < -0.4 is 24.3 Å². The highest BCUT2D eigenvalue weighted by Crippen LogP contribution is 2.28. The van der Waals surface area contributed by atoms with Gasteiger partial charge in [0.2, 0.25) is 5.91 Å². The molecule has 7 nitrogen and oxygen atoms in total. The molecule has 2 aromatic rings. The summed E-state index contributed by atoms with van der Waals surface area (Å²) in [6.45, 7) is 1.22. The molecule has 0 aromatic heterocycles. The second-order valence-corrected chi connectivity index (χ2v) is 5.79. The molecule has 0 atom stereocenters. The highest BCUT2D eigenvalue weighted by atomic mass is 16.5. The summed E-state index contributed by atoms with van der Waals surface area (Å²) < 4.78 is 21.9. The van der Waals surface area contributed by atoms with E-state index in [1.54, 1.807) is 14.2 Å². The van der Waals surface area contributed by atoms with Gasteiger partial charge in [-0.05, 0) is 48.4 Å². The molecule has 148 valence electrons. The second kappa shape index (κ2) is 11.3. The zero-order chi connectivity index (χ0) is 20.2. The standard InChI is InChI=1S/C21H24N2O5/c1-25-17-4-6-18(7-5-17)27-13-14-28-19-8-3-16(15-20(19)26-2)10-12-23-21(24)9-11-22/h3-8,15H,9-10,12-14H2,1-2H3,(H,23,24). The van der Waals surface area contributed by atoms with Gasteiger partial charge < -0.3 is 24.3 Å². The Morgan fingerprint density at radius 3 is 2.36 bits per heavy atom. The van der Waals surface area contributed by atoms with Crippen LogP contribution in [-0.4, -0.2) is 39.9 Å². The smallest absolute Gasteiger partial charge is 0.234 e. The minimum Gasteiger partial charge on any atom is -0.497 e. The Balaban J connectivity index is 1.79. The fourth-order valence-electron chi connectivity index (χ4n) is 2.45. The molecule has 0 bridgehead atoms. The fraction of sp³-hybridized carbons (Fsp3) is 0.333. The number of hydrogen-bond donors (Lipinski definition) is 1. The van der Waals surface area contributed by atoms with Crippen molar-refractivity contribution in [2.45, 2.75) is 12.8 Å². The first kappa shape index (κ1) is 20.9. The van der Waals surface area contributed by atoms with E-state index in [0.717, 1.165) is 17.1 Å². The molecule has 0 spiro atoms. The molecule has 0 aliphatic carbocycles. The minimum absolute atomic E-state index is 0.130. The Kier molecular flexibility index (Phi) is 8.47. The summed E-state index contributed by atoms with van der Waals surface area (Å²) in [4.78, 5) is 11.3. The zero-order valence-electron chi connectivity index (χ0n) is 16.1. The van der Waals surface area contributed by atoms with Crippen molar-refractivity contribution in [3.05, 3.63) is 48.0 Å². The largest absolute Gasteiger partial charge is 0.497 e. The van der Waals surface area contributed by atoms with Crippen LogP contribution in [0.1, 0.15) is 12.0 Å². The first-order chi connectivity index (χ1) is 13.7. The Morgan fingerprint density at radius 2 is 1.68 bits per heavy atom. The molecule has 0 radical (unpaired) electrons. The summed E-state index contributed by atoms with van der Waals surface area (Å²) in [6, 6.07) is 14.8. The number of carbonyl (C=O) groups is 1. The third-order valence-electron chi connectivity index (χ3n) is 3.87. The van der Waals surface area contributed by atoms with Crippen LogP contribution in [0.4, 0.5) is 0 Å². The van der Waals surface area contributed by atoms with E-state index in [1.807, 2.05) is 48.5 Å². The van der Waals surface area contributed by atoms with Gasteiger partial charge in [-0.15, -0.1) is 0 Å². The Bertz CT molecular complexity index is 799. The van der Waals surface area contributed by atoms with Crippen molar-refractivity contribution in [3.8, 4) is 29.1 Å². The lowest BCUT2D eigenvalue weighted by Crippen LogP contribution is -2.24. The molecular weight excluding hydrogens is 360 g/mol. The summed E-state index contributed by atoms with van der Waals surface area (Å²) in [5, 5.41) is 11.2. The van der Waals surface area contributed by atoms with Crippen LogP contribution in [0.2, 0.25) is 0 Å². The van der Waals surface area contributed by atoms with Crippen LogP contribution in [0.3, 0.4) is 0 Å². The monoisotopic (exact) mass is 384 g/mol. The maximum atomic E-state index is 11.3. The van der Waals surface area contributed by atoms with Crippen molar-refractivity contribution in [3.63, 3.8) is 0 Å². The van der Waals surface area contributed by atoms with Gasteiger partial charge in [-0.1, -0.05) is 6.07 Å². The summed E-state index contributed by atoms with van der Waals surface area (Å²) in [7, 11) is 3.20. The number of ether oxygens (including phenoxy) is 4. The fourth-order valence-corrected chi connectivity index (χ4v) is 2.45. The molecule has 7 heteroatoms. The highest BCUT2D eigenvalue weighted by Gasteiger charge is 2.07. The van der Waals surface area contributed by atoms with Crippen molar-refractivity contribution in [2.24, 2.45) is 0 Å². The van der Waals surface area contributed by atoms with E-state index in [-0.39, 0.29) is 12.3 Å². The lowest BCUT2D eigenvalue weighted by atomic mass is 10.1. The third kappa shape index (κ3) is 6.72. The molecule has 0 aliphatic rings. The molecule has 2 rings (SSSR count). The van der Waals surface area contributed by atoms with Gasteiger partial charge in [-0.25, -0.2) is 0 Å². The predicted octanol–water partition coefficient (Wildman–Crippen LogP) is 2.73. The molecule has 0 unspecified atom stereocenters. The molecule has 0 heterocycles. The Morgan fingerprint density at radius 1 is 0.964 bits per heavy atom. The van der Waals surface area contributed by atoms with Gasteiger partial charge in [0.1, 0.15) is 31.1 Å². The number of carbonyl (C=O) groups excluding carboxylic acids is 1. The van der Waals surface area contributed by atoms with E-state index in [4.69, 9.17) is 24.2 Å². The lowest BCUT2D eigenvalue weighted by Gasteiger charge is -2.13. The first-order valence-electron chi connectivity index (χ1n) is 8.86. The molecule has 0 saturated carbocycles. The number of nitrogens with zero attached hydrogens (tertiary/aromatic N) is 1. The van der Waals surface area contributed by atoms with Crippen molar-refractivity contribution in [2.75, 3.05) is 34.0 Å².